The second kappa shape index (κ2) is 6.72. The third-order valence-corrected chi connectivity index (χ3v) is 5.11. The summed E-state index contributed by atoms with van der Waals surface area (Å²) in [5.41, 5.74) is 0.0249. The van der Waals surface area contributed by atoms with Gasteiger partial charge in [-0.3, -0.25) is 9.78 Å². The predicted octanol–water partition coefficient (Wildman–Crippen LogP) is 2.47. The molecule has 0 aromatic carbocycles. The van der Waals surface area contributed by atoms with Crippen LogP contribution in [0.5, 0.6) is 5.75 Å². The minimum absolute atomic E-state index is 0.0690. The van der Waals surface area contributed by atoms with Crippen molar-refractivity contribution >= 4 is 5.91 Å². The van der Waals surface area contributed by atoms with Gasteiger partial charge in [-0.15, -0.1) is 0 Å². The summed E-state index contributed by atoms with van der Waals surface area (Å²) < 4.78 is 17.2. The molecule has 4 heterocycles. The van der Waals surface area contributed by atoms with Crippen LogP contribution >= 0.6 is 0 Å². The van der Waals surface area contributed by atoms with Crippen molar-refractivity contribution in [2.75, 3.05) is 19.7 Å². The number of rotatable bonds is 4. The summed E-state index contributed by atoms with van der Waals surface area (Å²) >= 11 is 0. The molecule has 138 valence electrons. The lowest BCUT2D eigenvalue weighted by molar-refractivity contribution is -0.0675. The average Bonchev–Trinajstić information content (AvgIpc) is 3.22. The van der Waals surface area contributed by atoms with Gasteiger partial charge >= 0.3 is 0 Å². The zero-order valence-corrected chi connectivity index (χ0v) is 15.1. The zero-order chi connectivity index (χ0) is 18.1. The van der Waals surface area contributed by atoms with Gasteiger partial charge < -0.3 is 18.9 Å². The number of aryl methyl sites for hydroxylation is 1. The Labute approximate surface area is 152 Å². The van der Waals surface area contributed by atoms with Crippen molar-refractivity contribution in [1.82, 2.24) is 15.0 Å². The highest BCUT2D eigenvalue weighted by molar-refractivity contribution is 5.92. The fourth-order valence-corrected chi connectivity index (χ4v) is 3.91. The number of nitrogens with zero attached hydrogens (tertiary/aromatic N) is 3. The Kier molecular flexibility index (Phi) is 4.40. The Bertz CT molecular complexity index is 778. The SMILES string of the molecule is Cc1cc(C(=O)N2CC[C@@H]3O[C@@](C)(COc4cccnc4)C[C@@H]3C2)no1. The largest absolute Gasteiger partial charge is 0.489 e. The van der Waals surface area contributed by atoms with E-state index in [1.54, 1.807) is 25.4 Å². The summed E-state index contributed by atoms with van der Waals surface area (Å²) in [5.74, 6) is 1.63. The highest BCUT2D eigenvalue weighted by Gasteiger charge is 2.47. The van der Waals surface area contributed by atoms with Crippen LogP contribution < -0.4 is 4.74 Å². The van der Waals surface area contributed by atoms with Gasteiger partial charge in [0.25, 0.3) is 5.91 Å². The quantitative estimate of drug-likeness (QED) is 0.836. The van der Waals surface area contributed by atoms with Crippen LogP contribution in [0.2, 0.25) is 0 Å². The number of pyridine rings is 1. The van der Waals surface area contributed by atoms with Crippen molar-refractivity contribution in [3.63, 3.8) is 0 Å². The Morgan fingerprint density at radius 1 is 1.50 bits per heavy atom. The summed E-state index contributed by atoms with van der Waals surface area (Å²) in [6.07, 6.45) is 5.28. The first kappa shape index (κ1) is 17.0. The van der Waals surface area contributed by atoms with E-state index in [1.165, 1.54) is 0 Å². The molecule has 2 aromatic rings. The van der Waals surface area contributed by atoms with Crippen LogP contribution in [-0.2, 0) is 4.74 Å². The number of carbonyl (C=O) groups is 1. The van der Waals surface area contributed by atoms with Crippen LogP contribution in [0.3, 0.4) is 0 Å². The summed E-state index contributed by atoms with van der Waals surface area (Å²) in [4.78, 5) is 18.5. The fraction of sp³-hybridized carbons (Fsp3) is 0.526. The van der Waals surface area contributed by atoms with Gasteiger partial charge in [-0.05, 0) is 38.8 Å². The number of ether oxygens (including phenoxy) is 2. The molecule has 0 saturated carbocycles. The lowest BCUT2D eigenvalue weighted by Gasteiger charge is -2.33. The summed E-state index contributed by atoms with van der Waals surface area (Å²) in [5, 5.41) is 3.84. The van der Waals surface area contributed by atoms with Gasteiger partial charge in [0.2, 0.25) is 0 Å². The smallest absolute Gasteiger partial charge is 0.276 e. The highest BCUT2D eigenvalue weighted by atomic mass is 16.6. The number of likely N-dealkylation sites (tertiary alicyclic amines) is 1. The molecule has 1 amide bonds. The number of amides is 1. The maximum atomic E-state index is 12.6. The second-order valence-corrected chi connectivity index (χ2v) is 7.41. The second-order valence-electron chi connectivity index (χ2n) is 7.41. The molecular weight excluding hydrogens is 334 g/mol. The van der Waals surface area contributed by atoms with Crippen LogP contribution in [0.15, 0.2) is 35.1 Å². The molecule has 4 rings (SSSR count). The fourth-order valence-electron chi connectivity index (χ4n) is 3.91. The number of hydrogen-bond acceptors (Lipinski definition) is 6. The van der Waals surface area contributed by atoms with E-state index in [-0.39, 0.29) is 17.6 Å². The molecule has 2 aromatic heterocycles. The normalized spacial score (nSPS) is 28.0. The molecule has 0 spiro atoms. The van der Waals surface area contributed by atoms with Crippen LogP contribution in [0, 0.1) is 12.8 Å². The summed E-state index contributed by atoms with van der Waals surface area (Å²) in [6.45, 7) is 5.69. The van der Waals surface area contributed by atoms with E-state index >= 15 is 0 Å². The van der Waals surface area contributed by atoms with Crippen molar-refractivity contribution in [3.8, 4) is 5.75 Å². The minimum Gasteiger partial charge on any atom is -0.489 e. The first-order valence-electron chi connectivity index (χ1n) is 8.96. The van der Waals surface area contributed by atoms with Crippen molar-refractivity contribution in [3.05, 3.63) is 42.0 Å². The Balaban J connectivity index is 1.37. The molecule has 2 saturated heterocycles. The molecule has 2 fully saturated rings. The van der Waals surface area contributed by atoms with Crippen molar-refractivity contribution < 1.29 is 18.8 Å². The Morgan fingerprint density at radius 3 is 3.12 bits per heavy atom. The summed E-state index contributed by atoms with van der Waals surface area (Å²) in [6, 6.07) is 5.42. The predicted molar refractivity (Wildman–Crippen MR) is 92.9 cm³/mol. The number of piperidine rings is 1. The third-order valence-electron chi connectivity index (χ3n) is 5.11. The molecule has 2 aliphatic rings. The molecule has 0 aliphatic carbocycles. The maximum Gasteiger partial charge on any atom is 0.276 e. The van der Waals surface area contributed by atoms with Gasteiger partial charge in [-0.25, -0.2) is 0 Å². The summed E-state index contributed by atoms with van der Waals surface area (Å²) in [7, 11) is 0. The zero-order valence-electron chi connectivity index (χ0n) is 15.1. The van der Waals surface area contributed by atoms with E-state index in [9.17, 15) is 4.79 Å². The first-order chi connectivity index (χ1) is 12.5. The van der Waals surface area contributed by atoms with Gasteiger partial charge in [0.1, 0.15) is 23.7 Å². The van der Waals surface area contributed by atoms with E-state index in [0.717, 1.165) is 18.6 Å². The molecule has 3 atom stereocenters. The highest BCUT2D eigenvalue weighted by Crippen LogP contribution is 2.39. The van der Waals surface area contributed by atoms with Crippen molar-refractivity contribution in [2.24, 2.45) is 5.92 Å². The van der Waals surface area contributed by atoms with Gasteiger partial charge in [0, 0.05) is 31.3 Å². The molecular formula is C19H23N3O4. The molecule has 0 unspecified atom stereocenters. The molecule has 2 aliphatic heterocycles. The lowest BCUT2D eigenvalue weighted by atomic mass is 9.89. The van der Waals surface area contributed by atoms with Crippen LogP contribution in [-0.4, -0.2) is 52.3 Å². The molecule has 7 heteroatoms. The molecule has 0 N–H and O–H groups in total. The number of carbonyl (C=O) groups excluding carboxylic acids is 1. The maximum absolute atomic E-state index is 12.6. The van der Waals surface area contributed by atoms with Gasteiger partial charge in [0.15, 0.2) is 5.69 Å². The third kappa shape index (κ3) is 3.44. The molecule has 26 heavy (non-hydrogen) atoms. The van der Waals surface area contributed by atoms with Gasteiger partial charge in [-0.1, -0.05) is 5.16 Å². The van der Waals surface area contributed by atoms with E-state index in [4.69, 9.17) is 14.0 Å². The number of fused-ring (bicyclic) bond motifs is 1. The van der Waals surface area contributed by atoms with E-state index < -0.39 is 0 Å². The molecule has 7 nitrogen and oxygen atoms in total. The van der Waals surface area contributed by atoms with E-state index in [1.807, 2.05) is 17.0 Å². The van der Waals surface area contributed by atoms with Crippen molar-refractivity contribution in [2.45, 2.75) is 38.4 Å². The van der Waals surface area contributed by atoms with Crippen LogP contribution in [0.4, 0.5) is 0 Å². The van der Waals surface area contributed by atoms with Crippen LogP contribution in [0.1, 0.15) is 36.0 Å². The molecule has 0 radical (unpaired) electrons. The lowest BCUT2D eigenvalue weighted by Crippen LogP contribution is -2.44. The van der Waals surface area contributed by atoms with Gasteiger partial charge in [0.05, 0.1) is 12.3 Å². The number of hydrogen-bond donors (Lipinski definition) is 0. The topological polar surface area (TPSA) is 77.7 Å². The van der Waals surface area contributed by atoms with Crippen molar-refractivity contribution in [1.29, 1.82) is 0 Å². The number of aromatic nitrogens is 2. The minimum atomic E-state index is -0.352. The standard InChI is InChI=1S/C19H23N3O4/c1-13-8-16(21-26-13)18(23)22-7-5-17-14(11-22)9-19(2,25-17)12-24-15-4-3-6-20-10-15/h3-4,6,8,10,14,17H,5,7,9,11-12H2,1-2H3/t14-,17+,19-/m1/s1. The van der Waals surface area contributed by atoms with Gasteiger partial charge in [-0.2, -0.15) is 0 Å². The Hall–Kier alpha value is -2.41. The first-order valence-corrected chi connectivity index (χ1v) is 8.96. The Morgan fingerprint density at radius 2 is 2.38 bits per heavy atom. The monoisotopic (exact) mass is 357 g/mol. The average molecular weight is 357 g/mol. The van der Waals surface area contributed by atoms with Crippen LogP contribution in [0.25, 0.3) is 0 Å². The van der Waals surface area contributed by atoms with E-state index in [2.05, 4.69) is 17.1 Å². The molecule has 0 bridgehead atoms. The van der Waals surface area contributed by atoms with E-state index in [0.29, 0.717) is 37.1 Å².